The van der Waals surface area contributed by atoms with E-state index < -0.39 is 0 Å². The van der Waals surface area contributed by atoms with E-state index in [0.29, 0.717) is 28.7 Å². The summed E-state index contributed by atoms with van der Waals surface area (Å²) in [5.74, 6) is 2.26. The highest BCUT2D eigenvalue weighted by Crippen LogP contribution is 2.47. The lowest BCUT2D eigenvalue weighted by atomic mass is 9.92. The molecule has 64 heavy (non-hydrogen) atoms. The predicted octanol–water partition coefficient (Wildman–Crippen LogP) is 15.2. The molecule has 0 saturated heterocycles. The summed E-state index contributed by atoms with van der Waals surface area (Å²) in [6.45, 7) is 27.5. The number of fused-ring (bicyclic) bond motifs is 4. The third-order valence-electron chi connectivity index (χ3n) is 14.1. The number of hydrogen-bond acceptors (Lipinski definition) is 5. The molecule has 0 aliphatic carbocycles. The van der Waals surface area contributed by atoms with Crippen LogP contribution in [0.5, 0.6) is 0 Å². The number of nitrogens with zero attached hydrogens (tertiary/aromatic N) is 2. The Hall–Kier alpha value is -6.66. The SMILES string of the molecule is Cc1oc2c(C)c(C)c(N3C(=O)c4ccccc4C3=O)c(C)c2c1-c1ccc(C(C)C)cc1.Cc1oc2c(C)c(C)c(N3Cc4ccccc4C3)c(C)c2c1-c1ccc(C(C)C)cc1. The van der Waals surface area contributed by atoms with E-state index in [9.17, 15) is 9.59 Å². The van der Waals surface area contributed by atoms with Gasteiger partial charge in [-0.05, 0) is 146 Å². The van der Waals surface area contributed by atoms with Crippen LogP contribution >= 0.6 is 0 Å². The van der Waals surface area contributed by atoms with Gasteiger partial charge in [0.05, 0.1) is 16.8 Å². The first-order chi connectivity index (χ1) is 30.6. The number of anilines is 2. The number of aryl methyl sites for hydroxylation is 6. The molecular weight excluding hydrogens is 789 g/mol. The third kappa shape index (κ3) is 6.77. The highest BCUT2D eigenvalue weighted by atomic mass is 16.3. The van der Waals surface area contributed by atoms with Crippen LogP contribution in [0.25, 0.3) is 44.2 Å². The molecule has 4 heterocycles. The van der Waals surface area contributed by atoms with Gasteiger partial charge in [-0.2, -0.15) is 0 Å². The third-order valence-corrected chi connectivity index (χ3v) is 14.1. The van der Waals surface area contributed by atoms with E-state index in [2.05, 4.69) is 133 Å². The predicted molar refractivity (Wildman–Crippen MR) is 263 cm³/mol. The summed E-state index contributed by atoms with van der Waals surface area (Å²) in [5.41, 5.74) is 21.4. The Morgan fingerprint density at radius 2 is 0.828 bits per heavy atom. The highest BCUT2D eigenvalue weighted by Gasteiger charge is 2.39. The first-order valence-corrected chi connectivity index (χ1v) is 22.6. The minimum absolute atomic E-state index is 0.274. The average molecular weight is 847 g/mol. The molecule has 2 aliphatic rings. The van der Waals surface area contributed by atoms with E-state index in [4.69, 9.17) is 8.83 Å². The molecule has 2 amide bonds. The molecule has 0 unspecified atom stereocenters. The van der Waals surface area contributed by atoms with Gasteiger partial charge in [0.1, 0.15) is 22.7 Å². The zero-order valence-electron chi connectivity index (χ0n) is 39.3. The van der Waals surface area contributed by atoms with Crippen molar-refractivity contribution in [1.82, 2.24) is 0 Å². The summed E-state index contributed by atoms with van der Waals surface area (Å²) in [4.78, 5) is 30.5. The van der Waals surface area contributed by atoms with Crippen LogP contribution in [0.4, 0.5) is 11.4 Å². The highest BCUT2D eigenvalue weighted by molar-refractivity contribution is 6.35. The maximum Gasteiger partial charge on any atom is 0.266 e. The zero-order chi connectivity index (χ0) is 45.5. The first-order valence-electron chi connectivity index (χ1n) is 22.6. The van der Waals surface area contributed by atoms with Gasteiger partial charge >= 0.3 is 0 Å². The fraction of sp³-hybridized carbons (Fsp3) is 0.276. The summed E-state index contributed by atoms with van der Waals surface area (Å²) in [6.07, 6.45) is 0. The van der Waals surface area contributed by atoms with Crippen LogP contribution in [0.1, 0.15) is 127 Å². The lowest BCUT2D eigenvalue weighted by Gasteiger charge is -2.25. The van der Waals surface area contributed by atoms with Crippen molar-refractivity contribution < 1.29 is 18.4 Å². The van der Waals surface area contributed by atoms with Crippen LogP contribution in [-0.2, 0) is 13.1 Å². The quantitative estimate of drug-likeness (QED) is 0.156. The molecule has 2 aromatic heterocycles. The van der Waals surface area contributed by atoms with Crippen LogP contribution in [0.2, 0.25) is 0 Å². The second-order valence-corrected chi connectivity index (χ2v) is 18.6. The summed E-state index contributed by atoms with van der Waals surface area (Å²) < 4.78 is 12.7. The summed E-state index contributed by atoms with van der Waals surface area (Å²) >= 11 is 0. The van der Waals surface area contributed by atoms with Crippen LogP contribution in [-0.4, -0.2) is 11.8 Å². The Morgan fingerprint density at radius 1 is 0.453 bits per heavy atom. The number of furan rings is 2. The van der Waals surface area contributed by atoms with Gasteiger partial charge in [0.2, 0.25) is 0 Å². The number of hydrogen-bond donors (Lipinski definition) is 0. The fourth-order valence-electron chi connectivity index (χ4n) is 10.3. The number of rotatable bonds is 6. The monoisotopic (exact) mass is 846 g/mol. The molecule has 0 spiro atoms. The molecule has 0 bridgehead atoms. The minimum Gasteiger partial charge on any atom is -0.460 e. The lowest BCUT2D eigenvalue weighted by molar-refractivity contribution is 0.0925. The van der Waals surface area contributed by atoms with Crippen LogP contribution < -0.4 is 9.80 Å². The molecule has 6 aromatic carbocycles. The Kier molecular flexibility index (Phi) is 10.8. The molecule has 0 radical (unpaired) electrons. The number of amides is 2. The molecule has 0 fully saturated rings. The van der Waals surface area contributed by atoms with Crippen molar-refractivity contribution in [2.45, 2.75) is 108 Å². The maximum absolute atomic E-state index is 13.3. The molecule has 10 rings (SSSR count). The zero-order valence-corrected chi connectivity index (χ0v) is 39.3. The molecule has 0 saturated carbocycles. The van der Waals surface area contributed by atoms with Gasteiger partial charge < -0.3 is 13.7 Å². The average Bonchev–Trinajstić information content (AvgIpc) is 4.04. The fourth-order valence-corrected chi connectivity index (χ4v) is 10.3. The van der Waals surface area contributed by atoms with Gasteiger partial charge in [-0.1, -0.05) is 113 Å². The number of imide groups is 1. The molecule has 6 nitrogen and oxygen atoms in total. The van der Waals surface area contributed by atoms with Gasteiger partial charge in [0.15, 0.2) is 0 Å². The molecule has 8 aromatic rings. The Morgan fingerprint density at radius 3 is 1.23 bits per heavy atom. The van der Waals surface area contributed by atoms with Gasteiger partial charge in [-0.15, -0.1) is 0 Å². The summed E-state index contributed by atoms with van der Waals surface area (Å²) in [6, 6.07) is 33.4. The summed E-state index contributed by atoms with van der Waals surface area (Å²) in [5, 5.41) is 2.23. The maximum atomic E-state index is 13.3. The van der Waals surface area contributed by atoms with Crippen LogP contribution in [0, 0.1) is 55.4 Å². The number of carbonyl (C=O) groups excluding carboxylic acids is 2. The van der Waals surface area contributed by atoms with Crippen molar-refractivity contribution >= 4 is 45.1 Å². The van der Waals surface area contributed by atoms with Crippen LogP contribution in [0.15, 0.2) is 106 Å². The van der Waals surface area contributed by atoms with Crippen molar-refractivity contribution in [3.05, 3.63) is 175 Å². The molecule has 6 heteroatoms. The lowest BCUT2D eigenvalue weighted by Crippen LogP contribution is -2.31. The van der Waals surface area contributed by atoms with Gasteiger partial charge in [-0.25, -0.2) is 4.90 Å². The van der Waals surface area contributed by atoms with E-state index in [1.54, 1.807) is 24.3 Å². The van der Waals surface area contributed by atoms with Gasteiger partial charge in [0.25, 0.3) is 11.8 Å². The van der Waals surface area contributed by atoms with E-state index in [-0.39, 0.29) is 11.8 Å². The van der Waals surface area contributed by atoms with Crippen molar-refractivity contribution in [1.29, 1.82) is 0 Å². The molecule has 0 N–H and O–H groups in total. The molecular formula is C58H58N2O4. The topological polar surface area (TPSA) is 66.9 Å². The van der Waals surface area contributed by atoms with E-state index >= 15 is 0 Å². The second kappa shape index (κ2) is 16.2. The molecule has 0 atom stereocenters. The molecule has 324 valence electrons. The summed E-state index contributed by atoms with van der Waals surface area (Å²) in [7, 11) is 0. The van der Waals surface area contributed by atoms with Gasteiger partial charge in [0, 0.05) is 40.7 Å². The largest absolute Gasteiger partial charge is 0.460 e. The van der Waals surface area contributed by atoms with E-state index in [1.807, 2.05) is 27.7 Å². The van der Waals surface area contributed by atoms with Gasteiger partial charge in [-0.3, -0.25) is 9.59 Å². The van der Waals surface area contributed by atoms with E-state index in [1.165, 1.54) is 66.0 Å². The van der Waals surface area contributed by atoms with Crippen molar-refractivity contribution in [3.8, 4) is 22.3 Å². The number of benzene rings is 6. The number of carbonyl (C=O) groups is 2. The molecule has 2 aliphatic heterocycles. The minimum atomic E-state index is -0.274. The first kappa shape index (κ1) is 42.6. The Labute approximate surface area is 377 Å². The Balaban J connectivity index is 0.000000162. The standard InChI is InChI=1S/C29H27NO3.C29H31NO/c1-15(2)20-11-13-21(14-12-20)25-19(6)33-27-17(4)16(3)26(18(5)24(25)27)30-28(31)22-9-7-8-10-23(22)29(30)32;1-17(2)22-11-13-23(14-12-22)27-21(6)31-29-19(4)18(3)28(20(5)26(27)29)30-15-24-9-7-8-10-25(24)16-30/h7-15H,1-6H3;7-14,17H,15-16H2,1-6H3. The van der Waals surface area contributed by atoms with E-state index in [0.717, 1.165) is 69.0 Å². The van der Waals surface area contributed by atoms with Crippen LogP contribution in [0.3, 0.4) is 0 Å². The second-order valence-electron chi connectivity index (χ2n) is 18.6. The smallest absolute Gasteiger partial charge is 0.266 e. The van der Waals surface area contributed by atoms with Crippen molar-refractivity contribution in [2.75, 3.05) is 9.80 Å². The Bertz CT molecular complexity index is 3120. The normalized spacial score (nSPS) is 13.5. The van der Waals surface area contributed by atoms with Crippen molar-refractivity contribution in [2.24, 2.45) is 0 Å². The van der Waals surface area contributed by atoms with Crippen molar-refractivity contribution in [3.63, 3.8) is 0 Å².